The van der Waals surface area contributed by atoms with Gasteiger partial charge in [-0.2, -0.15) is 0 Å². The van der Waals surface area contributed by atoms with Gasteiger partial charge in [-0.1, -0.05) is 12.2 Å². The van der Waals surface area contributed by atoms with Gasteiger partial charge >= 0.3 is 12.1 Å². The lowest BCUT2D eigenvalue weighted by Gasteiger charge is -2.30. The Morgan fingerprint density at radius 1 is 1.25 bits per heavy atom. The third-order valence-electron chi connectivity index (χ3n) is 3.60. The fourth-order valence-corrected chi connectivity index (χ4v) is 2.57. The second kappa shape index (κ2) is 7.99. The maximum absolute atomic E-state index is 12.8. The number of nitrogens with one attached hydrogen (secondary N) is 1. The molecule has 1 fully saturated rings. The van der Waals surface area contributed by atoms with Crippen molar-refractivity contribution in [1.29, 1.82) is 0 Å². The van der Waals surface area contributed by atoms with Crippen molar-refractivity contribution in [2.75, 3.05) is 7.11 Å². The smallest absolute Gasteiger partial charge is 0.408 e. The minimum absolute atomic E-state index is 0.301. The molecule has 0 unspecified atom stereocenters. The fourth-order valence-electron chi connectivity index (χ4n) is 2.57. The second-order valence-corrected chi connectivity index (χ2v) is 6.52. The molecule has 0 aromatic rings. The lowest BCUT2D eigenvalue weighted by Crippen LogP contribution is -2.53. The Morgan fingerprint density at radius 2 is 1.88 bits per heavy atom. The van der Waals surface area contributed by atoms with Crippen molar-refractivity contribution in [3.05, 3.63) is 25.3 Å². The van der Waals surface area contributed by atoms with Crippen molar-refractivity contribution >= 4 is 18.0 Å². The Labute approximate surface area is 142 Å². The molecule has 24 heavy (non-hydrogen) atoms. The summed E-state index contributed by atoms with van der Waals surface area (Å²) < 4.78 is 9.91. The Hall–Kier alpha value is -2.31. The minimum atomic E-state index is -1.01. The van der Waals surface area contributed by atoms with E-state index in [1.54, 1.807) is 26.8 Å². The summed E-state index contributed by atoms with van der Waals surface area (Å²) in [6, 6.07) is -2.01. The molecule has 7 nitrogen and oxygen atoms in total. The zero-order valence-electron chi connectivity index (χ0n) is 14.7. The standard InChI is InChI=1S/C17H26N2O5/c1-7-11-9-10-13(15(21)23-6)19(11)14(20)12(8-2)18-16(22)24-17(3,4)5/h7-8,11-13H,1-2,9-10H2,3-6H3,(H,18,22)/t11-,12+,13+/m1/s1. The number of amides is 2. The molecule has 134 valence electrons. The molecule has 1 heterocycles. The predicted molar refractivity (Wildman–Crippen MR) is 89.2 cm³/mol. The highest BCUT2D eigenvalue weighted by Gasteiger charge is 2.42. The summed E-state index contributed by atoms with van der Waals surface area (Å²) in [5.41, 5.74) is -0.690. The topological polar surface area (TPSA) is 84.9 Å². The quantitative estimate of drug-likeness (QED) is 0.610. The summed E-state index contributed by atoms with van der Waals surface area (Å²) in [4.78, 5) is 38.0. The Balaban J connectivity index is 2.92. The number of carbonyl (C=O) groups excluding carboxylic acids is 3. The zero-order valence-corrected chi connectivity index (χ0v) is 14.7. The number of rotatable bonds is 5. The van der Waals surface area contributed by atoms with Gasteiger partial charge in [-0.05, 0) is 33.6 Å². The number of likely N-dealkylation sites (tertiary alicyclic amines) is 1. The van der Waals surface area contributed by atoms with E-state index in [4.69, 9.17) is 9.47 Å². The maximum atomic E-state index is 12.8. The van der Waals surface area contributed by atoms with E-state index in [2.05, 4.69) is 18.5 Å². The first-order chi connectivity index (χ1) is 11.1. The Kier molecular flexibility index (Phi) is 6.57. The molecule has 0 saturated carbocycles. The van der Waals surface area contributed by atoms with E-state index in [-0.39, 0.29) is 6.04 Å². The van der Waals surface area contributed by atoms with Crippen molar-refractivity contribution in [3.8, 4) is 0 Å². The van der Waals surface area contributed by atoms with Crippen molar-refractivity contribution in [3.63, 3.8) is 0 Å². The third kappa shape index (κ3) is 4.84. The van der Waals surface area contributed by atoms with E-state index in [0.717, 1.165) is 0 Å². The Bertz CT molecular complexity index is 524. The lowest BCUT2D eigenvalue weighted by atomic mass is 10.2. The number of hydrogen-bond donors (Lipinski definition) is 1. The van der Waals surface area contributed by atoms with Crippen LogP contribution in [0, 0.1) is 0 Å². The summed E-state index contributed by atoms with van der Waals surface area (Å²) in [5.74, 6) is -0.943. The van der Waals surface area contributed by atoms with E-state index >= 15 is 0 Å². The van der Waals surface area contributed by atoms with E-state index in [0.29, 0.717) is 12.8 Å². The number of alkyl carbamates (subject to hydrolysis) is 1. The van der Waals surface area contributed by atoms with Crippen LogP contribution in [-0.2, 0) is 19.1 Å². The molecule has 1 aliphatic heterocycles. The third-order valence-corrected chi connectivity index (χ3v) is 3.60. The molecule has 0 radical (unpaired) electrons. The number of nitrogens with zero attached hydrogens (tertiary/aromatic N) is 1. The van der Waals surface area contributed by atoms with Crippen molar-refractivity contribution < 1.29 is 23.9 Å². The van der Waals surface area contributed by atoms with Crippen LogP contribution < -0.4 is 5.32 Å². The molecular weight excluding hydrogens is 312 g/mol. The molecule has 0 aromatic carbocycles. The van der Waals surface area contributed by atoms with Crippen LogP contribution in [0.5, 0.6) is 0 Å². The lowest BCUT2D eigenvalue weighted by molar-refractivity contribution is -0.152. The van der Waals surface area contributed by atoms with Crippen LogP contribution >= 0.6 is 0 Å². The van der Waals surface area contributed by atoms with Crippen LogP contribution in [0.25, 0.3) is 0 Å². The number of carbonyl (C=O) groups is 3. The summed E-state index contributed by atoms with van der Waals surface area (Å²) in [5, 5.41) is 2.47. The van der Waals surface area contributed by atoms with E-state index < -0.39 is 35.7 Å². The summed E-state index contributed by atoms with van der Waals surface area (Å²) in [6.07, 6.45) is 3.26. The second-order valence-electron chi connectivity index (χ2n) is 6.52. The average Bonchev–Trinajstić information content (AvgIpc) is 2.93. The first kappa shape index (κ1) is 19.7. The van der Waals surface area contributed by atoms with E-state index in [1.165, 1.54) is 18.1 Å². The molecule has 3 atom stereocenters. The van der Waals surface area contributed by atoms with Gasteiger partial charge in [-0.25, -0.2) is 9.59 Å². The summed E-state index contributed by atoms with van der Waals surface area (Å²) in [7, 11) is 1.27. The average molecular weight is 338 g/mol. The van der Waals surface area contributed by atoms with Crippen LogP contribution in [0.3, 0.4) is 0 Å². The van der Waals surface area contributed by atoms with Crippen LogP contribution in [0.4, 0.5) is 4.79 Å². The molecule has 1 rings (SSSR count). The number of ether oxygens (including phenoxy) is 2. The van der Waals surface area contributed by atoms with Gasteiger partial charge in [0.2, 0.25) is 0 Å². The van der Waals surface area contributed by atoms with Gasteiger partial charge in [-0.3, -0.25) is 4.79 Å². The minimum Gasteiger partial charge on any atom is -0.467 e. The van der Waals surface area contributed by atoms with Crippen LogP contribution in [0.15, 0.2) is 25.3 Å². The highest BCUT2D eigenvalue weighted by Crippen LogP contribution is 2.27. The fraction of sp³-hybridized carbons (Fsp3) is 0.588. The molecule has 1 saturated heterocycles. The molecule has 2 amide bonds. The van der Waals surface area contributed by atoms with Gasteiger partial charge in [0, 0.05) is 0 Å². The molecule has 0 bridgehead atoms. The van der Waals surface area contributed by atoms with Gasteiger partial charge in [-0.15, -0.1) is 13.2 Å². The predicted octanol–water partition coefficient (Wildman–Crippen LogP) is 1.78. The normalized spacial score (nSPS) is 21.6. The number of esters is 1. The molecule has 0 aromatic heterocycles. The highest BCUT2D eigenvalue weighted by molar-refractivity contribution is 5.92. The largest absolute Gasteiger partial charge is 0.467 e. The monoisotopic (exact) mass is 338 g/mol. The molecule has 1 N–H and O–H groups in total. The molecule has 0 spiro atoms. The van der Waals surface area contributed by atoms with Crippen LogP contribution in [-0.4, -0.2) is 53.7 Å². The van der Waals surface area contributed by atoms with Gasteiger partial charge in [0.05, 0.1) is 13.2 Å². The molecule has 0 aliphatic carbocycles. The SMILES string of the molecule is C=C[C@H](NC(=O)OC(C)(C)C)C(=O)N1[C@H](C=C)CC[C@H]1C(=O)OC. The first-order valence-electron chi connectivity index (χ1n) is 7.79. The summed E-state index contributed by atoms with van der Waals surface area (Å²) in [6.45, 7) is 12.5. The zero-order chi connectivity index (χ0) is 18.5. The molecule has 1 aliphatic rings. The summed E-state index contributed by atoms with van der Waals surface area (Å²) >= 11 is 0. The van der Waals surface area contributed by atoms with Gasteiger partial charge in [0.25, 0.3) is 5.91 Å². The van der Waals surface area contributed by atoms with Crippen molar-refractivity contribution in [2.24, 2.45) is 0 Å². The maximum Gasteiger partial charge on any atom is 0.408 e. The van der Waals surface area contributed by atoms with E-state index in [1.807, 2.05) is 0 Å². The molecule has 7 heteroatoms. The van der Waals surface area contributed by atoms with Crippen LogP contribution in [0.2, 0.25) is 0 Å². The van der Waals surface area contributed by atoms with Gasteiger partial charge in [0.1, 0.15) is 17.7 Å². The van der Waals surface area contributed by atoms with Gasteiger partial charge in [0.15, 0.2) is 0 Å². The number of methoxy groups -OCH3 is 1. The number of hydrogen-bond acceptors (Lipinski definition) is 5. The highest BCUT2D eigenvalue weighted by atomic mass is 16.6. The molecular formula is C17H26N2O5. The Morgan fingerprint density at radius 3 is 2.33 bits per heavy atom. The van der Waals surface area contributed by atoms with Crippen molar-refractivity contribution in [1.82, 2.24) is 10.2 Å². The van der Waals surface area contributed by atoms with Crippen molar-refractivity contribution in [2.45, 2.75) is 57.3 Å². The van der Waals surface area contributed by atoms with Crippen LogP contribution in [0.1, 0.15) is 33.6 Å². The van der Waals surface area contributed by atoms with Gasteiger partial charge < -0.3 is 19.7 Å². The first-order valence-corrected chi connectivity index (χ1v) is 7.79. The van der Waals surface area contributed by atoms with E-state index in [9.17, 15) is 14.4 Å².